The van der Waals surface area contributed by atoms with Crippen LogP contribution in [0.4, 0.5) is 24.9 Å². The fraction of sp³-hybridized carbons (Fsp3) is 0.370. The molecule has 4 heterocycles. The highest BCUT2D eigenvalue weighted by atomic mass is 32.2. The van der Waals surface area contributed by atoms with Crippen molar-refractivity contribution in [3.8, 4) is 11.3 Å². The molecule has 2 fully saturated rings. The number of rotatable bonds is 7. The van der Waals surface area contributed by atoms with Crippen LogP contribution in [0.15, 0.2) is 48.9 Å². The molecule has 0 radical (unpaired) electrons. The Labute approximate surface area is 232 Å². The Morgan fingerprint density at radius 1 is 1.07 bits per heavy atom. The zero-order valence-electron chi connectivity index (χ0n) is 21.6. The highest BCUT2D eigenvalue weighted by Crippen LogP contribution is 2.35. The lowest BCUT2D eigenvalue weighted by Crippen LogP contribution is -2.49. The van der Waals surface area contributed by atoms with Crippen molar-refractivity contribution in [3.63, 3.8) is 0 Å². The van der Waals surface area contributed by atoms with Gasteiger partial charge in [0.1, 0.15) is 17.8 Å². The molecule has 9 nitrogen and oxygen atoms in total. The molecule has 0 bridgehead atoms. The minimum absolute atomic E-state index is 0.120. The van der Waals surface area contributed by atoms with Crippen LogP contribution in [0, 0.1) is 5.92 Å². The van der Waals surface area contributed by atoms with Gasteiger partial charge in [-0.15, -0.1) is 11.8 Å². The summed E-state index contributed by atoms with van der Waals surface area (Å²) in [5, 5.41) is 3.33. The molecule has 6 rings (SSSR count). The zero-order chi connectivity index (χ0) is 27.9. The molecular formula is C27H27F3N8OS. The third-order valence-corrected chi connectivity index (χ3v) is 8.18. The fourth-order valence-electron chi connectivity index (χ4n) is 4.95. The second-order valence-corrected chi connectivity index (χ2v) is 10.8. The molecule has 1 aromatic carbocycles. The van der Waals surface area contributed by atoms with Crippen molar-refractivity contribution in [2.24, 2.45) is 5.92 Å². The number of benzene rings is 1. The van der Waals surface area contributed by atoms with Gasteiger partial charge in [-0.05, 0) is 55.0 Å². The summed E-state index contributed by atoms with van der Waals surface area (Å²) in [5.74, 6) is 1.63. The third kappa shape index (κ3) is 5.61. The van der Waals surface area contributed by atoms with Gasteiger partial charge in [0.05, 0.1) is 22.1 Å². The van der Waals surface area contributed by atoms with Crippen LogP contribution in [0.2, 0.25) is 0 Å². The number of carbonyl (C=O) groups is 1. The number of imidazole rings is 1. The predicted molar refractivity (Wildman–Crippen MR) is 147 cm³/mol. The van der Waals surface area contributed by atoms with Gasteiger partial charge in [-0.2, -0.15) is 13.2 Å². The van der Waals surface area contributed by atoms with Crippen LogP contribution in [0.5, 0.6) is 0 Å². The maximum atomic E-state index is 13.1. The van der Waals surface area contributed by atoms with Gasteiger partial charge in [0.25, 0.3) is 0 Å². The number of halogens is 3. The first-order chi connectivity index (χ1) is 19.3. The number of aromatic amines is 1. The molecule has 4 aromatic rings. The van der Waals surface area contributed by atoms with Crippen LogP contribution < -0.4 is 5.32 Å². The summed E-state index contributed by atoms with van der Waals surface area (Å²) in [5.41, 5.74) is 2.07. The van der Waals surface area contributed by atoms with E-state index in [-0.39, 0.29) is 17.0 Å². The van der Waals surface area contributed by atoms with Gasteiger partial charge in [0.2, 0.25) is 11.9 Å². The average molecular weight is 569 g/mol. The second-order valence-electron chi connectivity index (χ2n) is 9.93. The van der Waals surface area contributed by atoms with Crippen molar-refractivity contribution >= 4 is 40.5 Å². The highest BCUT2D eigenvalue weighted by Gasteiger charge is 2.36. The summed E-state index contributed by atoms with van der Waals surface area (Å²) in [4.78, 5) is 36.3. The molecule has 1 saturated carbocycles. The molecule has 1 unspecified atom stereocenters. The minimum Gasteiger partial charge on any atom is -0.340 e. The van der Waals surface area contributed by atoms with Gasteiger partial charge in [-0.3, -0.25) is 9.69 Å². The van der Waals surface area contributed by atoms with Crippen molar-refractivity contribution in [1.82, 2.24) is 34.7 Å². The normalized spacial score (nSPS) is 17.2. The third-order valence-electron chi connectivity index (χ3n) is 7.16. The molecule has 2 N–H and O–H groups in total. The molecule has 40 heavy (non-hydrogen) atoms. The number of fused-ring (bicyclic) bond motifs is 1. The molecule has 208 valence electrons. The Bertz CT molecular complexity index is 1530. The van der Waals surface area contributed by atoms with Crippen molar-refractivity contribution in [3.05, 3.63) is 60.2 Å². The lowest BCUT2D eigenvalue weighted by atomic mass is 10.1. The molecule has 1 aliphatic carbocycles. The number of anilines is 2. The van der Waals surface area contributed by atoms with Crippen molar-refractivity contribution in [1.29, 1.82) is 0 Å². The molecule has 1 saturated heterocycles. The lowest BCUT2D eigenvalue weighted by molar-refractivity contribution is -0.141. The molecule has 1 aliphatic heterocycles. The quantitative estimate of drug-likeness (QED) is 0.318. The smallest absolute Gasteiger partial charge is 0.340 e. The van der Waals surface area contributed by atoms with E-state index in [2.05, 4.69) is 41.4 Å². The van der Waals surface area contributed by atoms with E-state index in [1.807, 2.05) is 17.0 Å². The van der Waals surface area contributed by atoms with Crippen LogP contribution in [0.1, 0.15) is 29.5 Å². The summed E-state index contributed by atoms with van der Waals surface area (Å²) >= 11 is 1.74. The lowest BCUT2D eigenvalue weighted by Gasteiger charge is -2.39. The van der Waals surface area contributed by atoms with Crippen molar-refractivity contribution < 1.29 is 18.0 Å². The standard InChI is InChI=1S/C27H27F3N8OS/c1-40-25(38-10-8-37(9-11-38)24(39)16-2-3-16)18-6-7-31-23(13-18)36-26-34-19-5-4-17(12-21(19)35-26)20-14-22(27(28,29)30)33-15-32-20/h4-7,12-16,25H,2-3,8-11H2,1H3,(H2,31,34,35,36). The number of aromatic nitrogens is 5. The largest absolute Gasteiger partial charge is 0.433 e. The number of nitrogens with zero attached hydrogens (tertiary/aromatic N) is 6. The number of nitrogens with one attached hydrogen (secondary N) is 2. The Morgan fingerprint density at radius 2 is 1.88 bits per heavy atom. The van der Waals surface area contributed by atoms with Crippen LogP contribution >= 0.6 is 11.8 Å². The summed E-state index contributed by atoms with van der Waals surface area (Å²) in [6, 6.07) is 10.0. The van der Waals surface area contributed by atoms with E-state index in [4.69, 9.17) is 0 Å². The van der Waals surface area contributed by atoms with Gasteiger partial charge >= 0.3 is 6.18 Å². The van der Waals surface area contributed by atoms with Gasteiger partial charge in [-0.25, -0.2) is 19.9 Å². The molecule has 0 spiro atoms. The SMILES string of the molecule is CSC(c1ccnc(Nc2nc3ccc(-c4cc(C(F)(F)F)ncn4)cc3[nH]2)c1)N1CCN(C(=O)C2CC2)CC1. The first-order valence-electron chi connectivity index (χ1n) is 13.0. The van der Waals surface area contributed by atoms with Crippen LogP contribution in [-0.4, -0.2) is 73.1 Å². The maximum Gasteiger partial charge on any atom is 0.433 e. The van der Waals surface area contributed by atoms with Crippen LogP contribution in [-0.2, 0) is 11.0 Å². The zero-order valence-corrected chi connectivity index (χ0v) is 22.5. The van der Waals surface area contributed by atoms with Crippen LogP contribution in [0.3, 0.4) is 0 Å². The van der Waals surface area contributed by atoms with E-state index in [9.17, 15) is 18.0 Å². The summed E-state index contributed by atoms with van der Waals surface area (Å²) in [7, 11) is 0. The summed E-state index contributed by atoms with van der Waals surface area (Å²) in [6.07, 6.45) is 2.24. The number of piperazine rings is 1. The van der Waals surface area contributed by atoms with Gasteiger partial charge in [-0.1, -0.05) is 6.07 Å². The average Bonchev–Trinajstić information content (AvgIpc) is 3.73. The van der Waals surface area contributed by atoms with E-state index in [0.717, 1.165) is 57.0 Å². The number of carbonyl (C=O) groups excluding carboxylic acids is 1. The van der Waals surface area contributed by atoms with Crippen molar-refractivity contribution in [2.45, 2.75) is 24.4 Å². The summed E-state index contributed by atoms with van der Waals surface area (Å²) < 4.78 is 39.3. The van der Waals surface area contributed by atoms with E-state index < -0.39 is 11.9 Å². The Kier molecular flexibility index (Phi) is 7.09. The molecule has 2 aliphatic rings. The second kappa shape index (κ2) is 10.7. The monoisotopic (exact) mass is 568 g/mol. The maximum absolute atomic E-state index is 13.1. The number of H-pyrrole nitrogens is 1. The number of alkyl halides is 3. The molecular weight excluding hydrogens is 541 g/mol. The topological polar surface area (TPSA) is 103 Å². The summed E-state index contributed by atoms with van der Waals surface area (Å²) in [6.45, 7) is 3.13. The first kappa shape index (κ1) is 26.5. The van der Waals surface area contributed by atoms with Gasteiger partial charge < -0.3 is 15.2 Å². The van der Waals surface area contributed by atoms with E-state index in [1.54, 1.807) is 36.2 Å². The Balaban J connectivity index is 1.16. The first-order valence-corrected chi connectivity index (χ1v) is 14.3. The van der Waals surface area contributed by atoms with Crippen molar-refractivity contribution in [2.75, 3.05) is 37.8 Å². The molecule has 1 atom stereocenters. The molecule has 3 aromatic heterocycles. The number of hydrogen-bond acceptors (Lipinski definition) is 8. The molecule has 13 heteroatoms. The van der Waals surface area contributed by atoms with Gasteiger partial charge in [0.15, 0.2) is 0 Å². The molecule has 1 amide bonds. The Morgan fingerprint density at radius 3 is 2.60 bits per heavy atom. The fourth-order valence-corrected chi connectivity index (χ4v) is 5.88. The van der Waals surface area contributed by atoms with E-state index in [1.165, 1.54) is 0 Å². The number of pyridine rings is 1. The number of thioether (sulfide) groups is 1. The van der Waals surface area contributed by atoms with Crippen LogP contribution in [0.25, 0.3) is 22.3 Å². The van der Waals surface area contributed by atoms with Gasteiger partial charge in [0, 0.05) is 43.9 Å². The number of hydrogen-bond donors (Lipinski definition) is 2. The minimum atomic E-state index is -4.55. The Hall–Kier alpha value is -3.71. The van der Waals surface area contributed by atoms with E-state index >= 15 is 0 Å². The highest BCUT2D eigenvalue weighted by molar-refractivity contribution is 7.98. The van der Waals surface area contributed by atoms with E-state index in [0.29, 0.717) is 34.3 Å². The predicted octanol–water partition coefficient (Wildman–Crippen LogP) is 5.09. The number of amides is 1.